The summed E-state index contributed by atoms with van der Waals surface area (Å²) in [5, 5.41) is 0. The quantitative estimate of drug-likeness (QED) is 0.744. The van der Waals surface area contributed by atoms with Gasteiger partial charge < -0.3 is 9.47 Å². The van der Waals surface area contributed by atoms with Crippen LogP contribution in [0.5, 0.6) is 0 Å². The van der Waals surface area contributed by atoms with Crippen LogP contribution in [0, 0.1) is 0 Å². The molecule has 2 heterocycles. The molecule has 0 unspecified atom stereocenters. The van der Waals surface area contributed by atoms with E-state index in [4.69, 9.17) is 0 Å². The largest absolute Gasteiger partial charge is 0.333 e. The first-order valence-corrected chi connectivity index (χ1v) is 8.21. The maximum atomic E-state index is 13.3. The fourth-order valence-corrected chi connectivity index (χ4v) is 3.31. The maximum absolute atomic E-state index is 13.3. The van der Waals surface area contributed by atoms with Gasteiger partial charge in [-0.05, 0) is 11.1 Å². The second-order valence-corrected chi connectivity index (χ2v) is 6.05. The van der Waals surface area contributed by atoms with Crippen LogP contribution >= 0.6 is 0 Å². The van der Waals surface area contributed by atoms with Gasteiger partial charge in [-0.1, -0.05) is 60.7 Å². The molecule has 120 valence electrons. The van der Waals surface area contributed by atoms with E-state index in [0.717, 1.165) is 30.0 Å². The number of benzene rings is 2. The highest BCUT2D eigenvalue weighted by atomic mass is 16.2. The van der Waals surface area contributed by atoms with Gasteiger partial charge in [-0.3, -0.25) is 4.79 Å². The summed E-state index contributed by atoms with van der Waals surface area (Å²) in [6.45, 7) is 2.09. The van der Waals surface area contributed by atoms with Crippen molar-refractivity contribution >= 4 is 5.91 Å². The molecule has 3 aromatic rings. The van der Waals surface area contributed by atoms with Crippen LogP contribution in [0.4, 0.5) is 0 Å². The van der Waals surface area contributed by atoms with E-state index in [2.05, 4.69) is 9.55 Å². The van der Waals surface area contributed by atoms with Crippen LogP contribution in [-0.2, 0) is 17.9 Å². The van der Waals surface area contributed by atoms with E-state index in [-0.39, 0.29) is 11.8 Å². The number of carbonyl (C=O) groups excluding carboxylic acids is 1. The number of nitrogens with zero attached hydrogens (tertiary/aromatic N) is 3. The molecule has 1 aromatic heterocycles. The highest BCUT2D eigenvalue weighted by Crippen LogP contribution is 2.28. The SMILES string of the molecule is O=C(C(c1ccccc1)c1ccccc1)N1CCn2ccnc2C1. The molecule has 2 aromatic carbocycles. The number of fused-ring (bicyclic) bond motifs is 1. The Kier molecular flexibility index (Phi) is 3.87. The summed E-state index contributed by atoms with van der Waals surface area (Å²) in [4.78, 5) is 19.6. The molecular formula is C20H19N3O. The zero-order valence-electron chi connectivity index (χ0n) is 13.4. The van der Waals surface area contributed by atoms with Crippen LogP contribution < -0.4 is 0 Å². The predicted molar refractivity (Wildman–Crippen MR) is 92.4 cm³/mol. The van der Waals surface area contributed by atoms with Gasteiger partial charge in [0.2, 0.25) is 5.91 Å². The molecule has 0 bridgehead atoms. The summed E-state index contributed by atoms with van der Waals surface area (Å²) < 4.78 is 2.11. The van der Waals surface area contributed by atoms with E-state index >= 15 is 0 Å². The van der Waals surface area contributed by atoms with Gasteiger partial charge in [-0.2, -0.15) is 0 Å². The Labute approximate surface area is 141 Å². The van der Waals surface area contributed by atoms with Crippen LogP contribution in [0.2, 0.25) is 0 Å². The predicted octanol–water partition coefficient (Wildman–Crippen LogP) is 3.06. The Bertz CT molecular complexity index is 787. The minimum absolute atomic E-state index is 0.140. The number of hydrogen-bond donors (Lipinski definition) is 0. The number of amides is 1. The molecule has 4 nitrogen and oxygen atoms in total. The molecule has 0 saturated carbocycles. The molecule has 1 amide bonds. The van der Waals surface area contributed by atoms with Crippen LogP contribution in [0.1, 0.15) is 22.9 Å². The molecule has 1 aliphatic heterocycles. The molecule has 4 heteroatoms. The second kappa shape index (κ2) is 6.32. The number of imidazole rings is 1. The third-order valence-electron chi connectivity index (χ3n) is 4.57. The molecule has 0 N–H and O–H groups in total. The topological polar surface area (TPSA) is 38.1 Å². The summed E-state index contributed by atoms with van der Waals surface area (Å²) in [6, 6.07) is 20.0. The molecule has 0 aliphatic carbocycles. The van der Waals surface area contributed by atoms with Crippen LogP contribution in [0.15, 0.2) is 73.1 Å². The normalized spacial score (nSPS) is 13.8. The van der Waals surface area contributed by atoms with Crippen molar-refractivity contribution in [3.8, 4) is 0 Å². The summed E-state index contributed by atoms with van der Waals surface area (Å²) in [5.41, 5.74) is 2.06. The van der Waals surface area contributed by atoms with Gasteiger partial charge in [0.25, 0.3) is 0 Å². The number of carbonyl (C=O) groups is 1. The lowest BCUT2D eigenvalue weighted by molar-refractivity contribution is -0.133. The van der Waals surface area contributed by atoms with E-state index in [1.54, 1.807) is 6.20 Å². The number of hydrogen-bond acceptors (Lipinski definition) is 2. The third kappa shape index (κ3) is 2.71. The maximum Gasteiger partial charge on any atom is 0.235 e. The number of rotatable bonds is 3. The summed E-state index contributed by atoms with van der Waals surface area (Å²) in [5.74, 6) is 0.824. The monoisotopic (exact) mass is 317 g/mol. The van der Waals surface area contributed by atoms with E-state index in [1.807, 2.05) is 71.8 Å². The lowest BCUT2D eigenvalue weighted by atomic mass is 9.90. The summed E-state index contributed by atoms with van der Waals surface area (Å²) >= 11 is 0. The molecular weight excluding hydrogens is 298 g/mol. The van der Waals surface area contributed by atoms with Crippen molar-refractivity contribution < 1.29 is 4.79 Å². The van der Waals surface area contributed by atoms with Crippen molar-refractivity contribution in [1.82, 2.24) is 14.5 Å². The fraction of sp³-hybridized carbons (Fsp3) is 0.200. The van der Waals surface area contributed by atoms with Crippen LogP contribution in [0.3, 0.4) is 0 Å². The van der Waals surface area contributed by atoms with E-state index in [1.165, 1.54) is 0 Å². The van der Waals surface area contributed by atoms with Gasteiger partial charge in [0.15, 0.2) is 0 Å². The Morgan fingerprint density at radius 2 is 1.54 bits per heavy atom. The zero-order valence-corrected chi connectivity index (χ0v) is 13.4. The molecule has 0 fully saturated rings. The Hall–Kier alpha value is -2.88. The van der Waals surface area contributed by atoms with E-state index in [0.29, 0.717) is 6.54 Å². The van der Waals surface area contributed by atoms with E-state index < -0.39 is 0 Å². The molecule has 0 spiro atoms. The summed E-state index contributed by atoms with van der Waals surface area (Å²) in [6.07, 6.45) is 3.78. The van der Waals surface area contributed by atoms with Crippen LogP contribution in [0.25, 0.3) is 0 Å². The average molecular weight is 317 g/mol. The Morgan fingerprint density at radius 3 is 2.17 bits per heavy atom. The second-order valence-electron chi connectivity index (χ2n) is 6.05. The van der Waals surface area contributed by atoms with Gasteiger partial charge in [0.1, 0.15) is 5.82 Å². The first-order valence-electron chi connectivity index (χ1n) is 8.21. The van der Waals surface area contributed by atoms with Crippen molar-refractivity contribution in [2.45, 2.75) is 19.0 Å². The standard InChI is InChI=1S/C20H19N3O/c24-20(23-14-13-22-12-11-21-18(22)15-23)19(16-7-3-1-4-8-16)17-9-5-2-6-10-17/h1-12,19H,13-15H2. The van der Waals surface area contributed by atoms with Gasteiger partial charge >= 0.3 is 0 Å². The zero-order chi connectivity index (χ0) is 16.4. The van der Waals surface area contributed by atoms with E-state index in [9.17, 15) is 4.79 Å². The van der Waals surface area contributed by atoms with Crippen molar-refractivity contribution in [2.24, 2.45) is 0 Å². The van der Waals surface area contributed by atoms with Crippen LogP contribution in [-0.4, -0.2) is 26.9 Å². The first-order chi connectivity index (χ1) is 11.8. The fourth-order valence-electron chi connectivity index (χ4n) is 3.31. The minimum atomic E-state index is -0.270. The molecule has 0 radical (unpaired) electrons. The highest BCUT2D eigenvalue weighted by molar-refractivity contribution is 5.87. The van der Waals surface area contributed by atoms with Crippen molar-refractivity contribution in [1.29, 1.82) is 0 Å². The smallest absolute Gasteiger partial charge is 0.235 e. The van der Waals surface area contributed by atoms with Gasteiger partial charge in [-0.25, -0.2) is 4.98 Å². The number of aromatic nitrogens is 2. The van der Waals surface area contributed by atoms with Crippen molar-refractivity contribution in [2.75, 3.05) is 6.54 Å². The third-order valence-corrected chi connectivity index (χ3v) is 4.57. The molecule has 24 heavy (non-hydrogen) atoms. The first kappa shape index (κ1) is 14.7. The highest BCUT2D eigenvalue weighted by Gasteiger charge is 2.29. The van der Waals surface area contributed by atoms with Crippen molar-refractivity contribution in [3.05, 3.63) is 90.0 Å². The Morgan fingerprint density at radius 1 is 0.917 bits per heavy atom. The molecule has 0 saturated heterocycles. The molecule has 0 atom stereocenters. The Balaban J connectivity index is 1.68. The van der Waals surface area contributed by atoms with Gasteiger partial charge in [0.05, 0.1) is 12.5 Å². The molecule has 4 rings (SSSR count). The minimum Gasteiger partial charge on any atom is -0.333 e. The van der Waals surface area contributed by atoms with Gasteiger partial charge in [0, 0.05) is 25.5 Å². The average Bonchev–Trinajstić information content (AvgIpc) is 3.11. The van der Waals surface area contributed by atoms with Crippen molar-refractivity contribution in [3.63, 3.8) is 0 Å². The molecule has 1 aliphatic rings. The summed E-state index contributed by atoms with van der Waals surface area (Å²) in [7, 11) is 0. The lowest BCUT2D eigenvalue weighted by Crippen LogP contribution is -2.41. The van der Waals surface area contributed by atoms with Gasteiger partial charge in [-0.15, -0.1) is 0 Å². The lowest BCUT2D eigenvalue weighted by Gasteiger charge is -2.31.